The molecule has 2 heterocycles. The van der Waals surface area contributed by atoms with Crippen LogP contribution < -0.4 is 25.0 Å². The van der Waals surface area contributed by atoms with Crippen LogP contribution in [-0.2, 0) is 9.59 Å². The molecule has 2 aromatic rings. The number of likely N-dealkylation sites (tertiary alicyclic amines) is 1. The molecule has 2 aromatic carbocycles. The summed E-state index contributed by atoms with van der Waals surface area (Å²) in [5.74, 6) is 1.23. The summed E-state index contributed by atoms with van der Waals surface area (Å²) in [5.41, 5.74) is 3.98. The van der Waals surface area contributed by atoms with Crippen molar-refractivity contribution in [2.75, 3.05) is 38.2 Å². The quantitative estimate of drug-likeness (QED) is 0.657. The van der Waals surface area contributed by atoms with Crippen LogP contribution in [0, 0.1) is 13.8 Å². The zero-order chi connectivity index (χ0) is 21.8. The zero-order valence-electron chi connectivity index (χ0n) is 18.1. The highest BCUT2D eigenvalue weighted by Crippen LogP contribution is 2.33. The highest BCUT2D eigenvalue weighted by Gasteiger charge is 2.32. The Morgan fingerprint density at radius 2 is 1.77 bits per heavy atom. The number of carbonyl (C=O) groups excluding carboxylic acids is 2. The van der Waals surface area contributed by atoms with Gasteiger partial charge >= 0.3 is 0 Å². The van der Waals surface area contributed by atoms with Gasteiger partial charge in [0, 0.05) is 24.1 Å². The molecule has 1 unspecified atom stereocenters. The second-order valence-corrected chi connectivity index (χ2v) is 8.27. The molecule has 164 valence electrons. The number of para-hydroxylation sites is 1. The van der Waals surface area contributed by atoms with Gasteiger partial charge in [0.25, 0.3) is 5.91 Å². The molecule has 0 radical (unpaired) electrons. The van der Waals surface area contributed by atoms with Gasteiger partial charge in [-0.2, -0.15) is 0 Å². The highest BCUT2D eigenvalue weighted by molar-refractivity contribution is 5.95. The minimum atomic E-state index is -0.217. The van der Waals surface area contributed by atoms with Crippen molar-refractivity contribution < 1.29 is 24.0 Å². The second-order valence-electron chi connectivity index (χ2n) is 8.27. The lowest BCUT2D eigenvalue weighted by Gasteiger charge is -2.24. The molecular formula is C24H30N3O4+. The Kier molecular flexibility index (Phi) is 6.42. The fourth-order valence-electron chi connectivity index (χ4n) is 4.45. The summed E-state index contributed by atoms with van der Waals surface area (Å²) >= 11 is 0. The smallest absolute Gasteiger partial charge is 0.275 e. The number of aryl methyl sites for hydroxylation is 2. The van der Waals surface area contributed by atoms with Crippen LogP contribution in [0.1, 0.15) is 35.6 Å². The van der Waals surface area contributed by atoms with Crippen LogP contribution in [0.5, 0.6) is 11.5 Å². The largest absolute Gasteiger partial charge is 0.486 e. The van der Waals surface area contributed by atoms with Gasteiger partial charge in [-0.05, 0) is 43.2 Å². The van der Waals surface area contributed by atoms with Crippen LogP contribution >= 0.6 is 0 Å². The molecule has 7 heteroatoms. The number of amides is 2. The van der Waals surface area contributed by atoms with E-state index in [1.165, 1.54) is 4.90 Å². The number of fused-ring (bicyclic) bond motifs is 1. The normalized spacial score (nSPS) is 19.7. The number of quaternary nitrogens is 1. The van der Waals surface area contributed by atoms with E-state index in [0.717, 1.165) is 53.3 Å². The Hall–Kier alpha value is -3.06. The SMILES string of the molecule is Cc1cccc(C)c1NC(=O)CNC(=O)C[NH+]1CCC[C@@H]1c1ccc2c(c1)OCCO2. The van der Waals surface area contributed by atoms with Gasteiger partial charge in [-0.1, -0.05) is 18.2 Å². The lowest BCUT2D eigenvalue weighted by Crippen LogP contribution is -3.11. The Balaban J connectivity index is 1.31. The molecule has 3 N–H and O–H groups in total. The van der Waals surface area contributed by atoms with Crippen LogP contribution in [0.25, 0.3) is 0 Å². The molecule has 2 aliphatic heterocycles. The number of carbonyl (C=O) groups is 2. The van der Waals surface area contributed by atoms with E-state index < -0.39 is 0 Å². The minimum Gasteiger partial charge on any atom is -0.486 e. The van der Waals surface area contributed by atoms with Crippen molar-refractivity contribution in [3.05, 3.63) is 53.1 Å². The first-order valence-electron chi connectivity index (χ1n) is 10.9. The van der Waals surface area contributed by atoms with E-state index in [9.17, 15) is 9.59 Å². The monoisotopic (exact) mass is 424 g/mol. The van der Waals surface area contributed by atoms with Crippen molar-refractivity contribution in [2.24, 2.45) is 0 Å². The maximum Gasteiger partial charge on any atom is 0.275 e. The first-order chi connectivity index (χ1) is 15.0. The van der Waals surface area contributed by atoms with Crippen molar-refractivity contribution >= 4 is 17.5 Å². The Morgan fingerprint density at radius 1 is 1.03 bits per heavy atom. The van der Waals surface area contributed by atoms with Crippen LogP contribution in [0.4, 0.5) is 5.69 Å². The number of hydrogen-bond acceptors (Lipinski definition) is 4. The summed E-state index contributed by atoms with van der Waals surface area (Å²) in [7, 11) is 0. The molecular weight excluding hydrogens is 394 g/mol. The third-order valence-corrected chi connectivity index (χ3v) is 6.03. The number of anilines is 1. The molecule has 2 amide bonds. The molecule has 0 aliphatic carbocycles. The van der Waals surface area contributed by atoms with Crippen molar-refractivity contribution in [1.29, 1.82) is 0 Å². The summed E-state index contributed by atoms with van der Waals surface area (Å²) in [5, 5.41) is 5.68. The molecule has 4 rings (SSSR count). The van der Waals surface area contributed by atoms with E-state index in [4.69, 9.17) is 9.47 Å². The molecule has 0 spiro atoms. The molecule has 0 aromatic heterocycles. The van der Waals surface area contributed by atoms with E-state index in [-0.39, 0.29) is 24.4 Å². The number of ether oxygens (including phenoxy) is 2. The standard InChI is InChI=1S/C24H29N3O4/c1-16-5-3-6-17(2)24(16)26-22(28)14-25-23(29)15-27-10-4-7-19(27)18-8-9-20-21(13-18)31-12-11-30-20/h3,5-6,8-9,13,19H,4,7,10-12,14-15H2,1-2H3,(H,25,29)(H,26,28)/p+1/t19-/m1/s1. The average molecular weight is 425 g/mol. The molecule has 1 fully saturated rings. The van der Waals surface area contributed by atoms with Crippen molar-refractivity contribution in [1.82, 2.24) is 5.32 Å². The van der Waals surface area contributed by atoms with Gasteiger partial charge in [-0.3, -0.25) is 9.59 Å². The van der Waals surface area contributed by atoms with Crippen LogP contribution in [0.2, 0.25) is 0 Å². The van der Waals surface area contributed by atoms with Gasteiger partial charge in [-0.25, -0.2) is 0 Å². The van der Waals surface area contributed by atoms with E-state index in [1.807, 2.05) is 44.2 Å². The van der Waals surface area contributed by atoms with E-state index in [0.29, 0.717) is 19.8 Å². The lowest BCUT2D eigenvalue weighted by atomic mass is 10.0. The number of benzene rings is 2. The molecule has 1 saturated heterocycles. The summed E-state index contributed by atoms with van der Waals surface area (Å²) in [6.45, 7) is 6.28. The predicted octanol–water partition coefficient (Wildman–Crippen LogP) is 1.55. The van der Waals surface area contributed by atoms with Gasteiger partial charge in [-0.15, -0.1) is 0 Å². The van der Waals surface area contributed by atoms with E-state index in [1.54, 1.807) is 0 Å². The van der Waals surface area contributed by atoms with Crippen molar-refractivity contribution in [2.45, 2.75) is 32.7 Å². The average Bonchev–Trinajstić information content (AvgIpc) is 3.22. The third kappa shape index (κ3) is 4.99. The van der Waals surface area contributed by atoms with Crippen LogP contribution in [0.3, 0.4) is 0 Å². The van der Waals surface area contributed by atoms with E-state index >= 15 is 0 Å². The second kappa shape index (κ2) is 9.39. The Morgan fingerprint density at radius 3 is 2.55 bits per heavy atom. The fourth-order valence-corrected chi connectivity index (χ4v) is 4.45. The fraction of sp³-hybridized carbons (Fsp3) is 0.417. The maximum atomic E-state index is 12.5. The van der Waals surface area contributed by atoms with Gasteiger partial charge < -0.3 is 25.0 Å². The molecule has 0 saturated carbocycles. The first kappa shape index (κ1) is 21.2. The van der Waals surface area contributed by atoms with E-state index in [2.05, 4.69) is 16.7 Å². The number of hydrogen-bond donors (Lipinski definition) is 3. The molecule has 0 bridgehead atoms. The number of nitrogens with one attached hydrogen (secondary N) is 3. The zero-order valence-corrected chi connectivity index (χ0v) is 18.1. The minimum absolute atomic E-state index is 0.0332. The topological polar surface area (TPSA) is 81.1 Å². The van der Waals surface area contributed by atoms with Gasteiger partial charge in [0.1, 0.15) is 19.3 Å². The maximum absolute atomic E-state index is 12.5. The van der Waals surface area contributed by atoms with Gasteiger partial charge in [0.15, 0.2) is 18.0 Å². The lowest BCUT2D eigenvalue weighted by molar-refractivity contribution is -0.910. The third-order valence-electron chi connectivity index (χ3n) is 6.03. The summed E-state index contributed by atoms with van der Waals surface area (Å²) in [6.07, 6.45) is 2.09. The predicted molar refractivity (Wildman–Crippen MR) is 118 cm³/mol. The molecule has 31 heavy (non-hydrogen) atoms. The summed E-state index contributed by atoms with van der Waals surface area (Å²) in [4.78, 5) is 26.1. The molecule has 2 atom stereocenters. The van der Waals surface area contributed by atoms with Crippen LogP contribution in [-0.4, -0.2) is 44.7 Å². The van der Waals surface area contributed by atoms with Crippen LogP contribution in [0.15, 0.2) is 36.4 Å². The number of rotatable bonds is 6. The van der Waals surface area contributed by atoms with Crippen molar-refractivity contribution in [3.8, 4) is 11.5 Å². The van der Waals surface area contributed by atoms with Crippen molar-refractivity contribution in [3.63, 3.8) is 0 Å². The Labute approximate surface area is 182 Å². The summed E-state index contributed by atoms with van der Waals surface area (Å²) in [6, 6.07) is 12.2. The Bertz CT molecular complexity index is 955. The highest BCUT2D eigenvalue weighted by atomic mass is 16.6. The van der Waals surface area contributed by atoms with Gasteiger partial charge in [0.05, 0.1) is 13.1 Å². The summed E-state index contributed by atoms with van der Waals surface area (Å²) < 4.78 is 11.3. The molecule has 2 aliphatic rings. The van der Waals surface area contributed by atoms with Gasteiger partial charge in [0.2, 0.25) is 5.91 Å². The molecule has 7 nitrogen and oxygen atoms in total. The first-order valence-corrected chi connectivity index (χ1v) is 10.9.